The second-order valence-corrected chi connectivity index (χ2v) is 8.06. The van der Waals surface area contributed by atoms with E-state index in [1.54, 1.807) is 18.2 Å². The van der Waals surface area contributed by atoms with Crippen LogP contribution in [0.3, 0.4) is 0 Å². The van der Waals surface area contributed by atoms with E-state index in [2.05, 4.69) is 36.4 Å². The minimum atomic E-state index is -0.151. The molecule has 0 bridgehead atoms. The number of hydrogen-bond acceptors (Lipinski definition) is 7. The van der Waals surface area contributed by atoms with Gasteiger partial charge in [0.1, 0.15) is 5.75 Å². The van der Waals surface area contributed by atoms with E-state index in [0.29, 0.717) is 28.2 Å². The number of phenols is 1. The Hall–Kier alpha value is -1.91. The molecule has 7 nitrogen and oxygen atoms in total. The highest BCUT2D eigenvalue weighted by atomic mass is 79.9. The fraction of sp³-hybridized carbons (Fsp3) is 0.250. The standard InChI is InChI=1S/C16H16BrN5O2S2/c1-3-22-14(11-6-10(17)4-5-12(11)23)20-21-16(22)26-8-13(24)19-15-18-9(2)7-25-15/h4-7,23H,3,8H2,1-2H3,(H,18,19,24). The number of carbonyl (C=O) groups excluding carboxylic acids is 1. The van der Waals surface area contributed by atoms with Crippen molar-refractivity contribution in [1.82, 2.24) is 19.7 Å². The number of aromatic hydroxyl groups is 1. The predicted octanol–water partition coefficient (Wildman–Crippen LogP) is 3.93. The molecule has 3 aromatic rings. The summed E-state index contributed by atoms with van der Waals surface area (Å²) in [5.74, 6) is 0.733. The number of aryl methyl sites for hydroxylation is 1. The van der Waals surface area contributed by atoms with Crippen LogP contribution >= 0.6 is 39.0 Å². The Morgan fingerprint density at radius 3 is 2.92 bits per heavy atom. The molecule has 2 aromatic heterocycles. The van der Waals surface area contributed by atoms with Crippen LogP contribution in [0.1, 0.15) is 12.6 Å². The van der Waals surface area contributed by atoms with Gasteiger partial charge in [-0.1, -0.05) is 27.7 Å². The first-order valence-electron chi connectivity index (χ1n) is 7.74. The Bertz CT molecular complexity index is 941. The quantitative estimate of drug-likeness (QED) is 0.549. The van der Waals surface area contributed by atoms with Crippen LogP contribution in [0.5, 0.6) is 5.75 Å². The van der Waals surface area contributed by atoms with E-state index in [4.69, 9.17) is 0 Å². The van der Waals surface area contributed by atoms with Gasteiger partial charge in [-0.15, -0.1) is 21.5 Å². The van der Waals surface area contributed by atoms with Crippen molar-refractivity contribution in [2.45, 2.75) is 25.5 Å². The van der Waals surface area contributed by atoms with E-state index < -0.39 is 0 Å². The number of rotatable bonds is 6. The van der Waals surface area contributed by atoms with Crippen LogP contribution in [-0.4, -0.2) is 36.5 Å². The van der Waals surface area contributed by atoms with E-state index in [1.165, 1.54) is 23.1 Å². The summed E-state index contributed by atoms with van der Waals surface area (Å²) in [4.78, 5) is 16.3. The summed E-state index contributed by atoms with van der Waals surface area (Å²) in [6.45, 7) is 4.46. The van der Waals surface area contributed by atoms with E-state index in [-0.39, 0.29) is 17.4 Å². The van der Waals surface area contributed by atoms with Crippen LogP contribution in [0.15, 0.2) is 33.2 Å². The molecule has 0 atom stereocenters. The SMILES string of the molecule is CCn1c(SCC(=O)Nc2nc(C)cs2)nnc1-c1cc(Br)ccc1O. The summed E-state index contributed by atoms with van der Waals surface area (Å²) in [6, 6.07) is 5.15. The van der Waals surface area contributed by atoms with Gasteiger partial charge in [0.2, 0.25) is 5.91 Å². The molecule has 1 amide bonds. The highest BCUT2D eigenvalue weighted by molar-refractivity contribution is 9.10. The van der Waals surface area contributed by atoms with Crippen molar-refractivity contribution in [3.63, 3.8) is 0 Å². The first-order valence-corrected chi connectivity index (χ1v) is 10.4. The van der Waals surface area contributed by atoms with Crippen molar-refractivity contribution in [1.29, 1.82) is 0 Å². The molecule has 0 saturated carbocycles. The summed E-state index contributed by atoms with van der Waals surface area (Å²) in [6.07, 6.45) is 0. The number of halogens is 1. The second kappa shape index (κ2) is 8.19. The van der Waals surface area contributed by atoms with Gasteiger partial charge in [-0.3, -0.25) is 4.79 Å². The highest BCUT2D eigenvalue weighted by Crippen LogP contribution is 2.32. The fourth-order valence-corrected chi connectivity index (χ4v) is 4.13. The zero-order chi connectivity index (χ0) is 18.7. The molecule has 0 radical (unpaired) electrons. The predicted molar refractivity (Wildman–Crippen MR) is 107 cm³/mol. The molecule has 0 aliphatic rings. The average Bonchev–Trinajstić information content (AvgIpc) is 3.20. The van der Waals surface area contributed by atoms with Crippen molar-refractivity contribution < 1.29 is 9.90 Å². The molecule has 0 spiro atoms. The molecule has 10 heteroatoms. The minimum Gasteiger partial charge on any atom is -0.507 e. The largest absolute Gasteiger partial charge is 0.507 e. The molecular weight excluding hydrogens is 438 g/mol. The maximum atomic E-state index is 12.1. The molecule has 136 valence electrons. The number of phenolic OH excluding ortho intramolecular Hbond substituents is 1. The Labute approximate surface area is 167 Å². The summed E-state index contributed by atoms with van der Waals surface area (Å²) >= 11 is 6.08. The molecule has 0 aliphatic heterocycles. The third-order valence-corrected chi connectivity index (χ3v) is 5.77. The van der Waals surface area contributed by atoms with Crippen molar-refractivity contribution in [3.05, 3.63) is 33.7 Å². The molecule has 0 saturated heterocycles. The van der Waals surface area contributed by atoms with Crippen molar-refractivity contribution >= 4 is 50.1 Å². The Morgan fingerprint density at radius 2 is 2.23 bits per heavy atom. The molecule has 3 rings (SSSR count). The number of hydrogen-bond donors (Lipinski definition) is 2. The molecule has 0 unspecified atom stereocenters. The van der Waals surface area contributed by atoms with E-state index in [0.717, 1.165) is 10.2 Å². The summed E-state index contributed by atoms with van der Waals surface area (Å²) in [5.41, 5.74) is 1.46. The number of nitrogens with one attached hydrogen (secondary N) is 1. The number of thioether (sulfide) groups is 1. The lowest BCUT2D eigenvalue weighted by Gasteiger charge is -2.09. The topological polar surface area (TPSA) is 92.9 Å². The number of benzene rings is 1. The number of thiazole rings is 1. The first kappa shape index (κ1) is 18.9. The lowest BCUT2D eigenvalue weighted by Crippen LogP contribution is -2.14. The molecule has 0 fully saturated rings. The van der Waals surface area contributed by atoms with Gasteiger partial charge in [0.15, 0.2) is 16.1 Å². The highest BCUT2D eigenvalue weighted by Gasteiger charge is 2.17. The summed E-state index contributed by atoms with van der Waals surface area (Å²) in [7, 11) is 0. The molecular formula is C16H16BrN5O2S2. The van der Waals surface area contributed by atoms with Crippen molar-refractivity contribution in [2.24, 2.45) is 0 Å². The van der Waals surface area contributed by atoms with E-state index in [9.17, 15) is 9.90 Å². The fourth-order valence-electron chi connectivity index (χ4n) is 2.26. The zero-order valence-corrected chi connectivity index (χ0v) is 17.3. The van der Waals surface area contributed by atoms with Gasteiger partial charge in [0.25, 0.3) is 0 Å². The second-order valence-electron chi connectivity index (χ2n) is 5.34. The van der Waals surface area contributed by atoms with Crippen LogP contribution in [0, 0.1) is 6.92 Å². The number of anilines is 1. The Morgan fingerprint density at radius 1 is 1.42 bits per heavy atom. The van der Waals surface area contributed by atoms with Gasteiger partial charge in [-0.05, 0) is 32.0 Å². The lowest BCUT2D eigenvalue weighted by atomic mass is 10.2. The zero-order valence-electron chi connectivity index (χ0n) is 14.1. The summed E-state index contributed by atoms with van der Waals surface area (Å²) < 4.78 is 2.70. The van der Waals surface area contributed by atoms with Gasteiger partial charge in [0, 0.05) is 16.4 Å². The van der Waals surface area contributed by atoms with E-state index in [1.807, 2.05) is 23.8 Å². The number of aromatic nitrogens is 4. The van der Waals surface area contributed by atoms with Gasteiger partial charge in [-0.2, -0.15) is 0 Å². The minimum absolute atomic E-state index is 0.128. The molecule has 0 aliphatic carbocycles. The molecule has 2 heterocycles. The normalized spacial score (nSPS) is 10.9. The van der Waals surface area contributed by atoms with Gasteiger partial charge in [0.05, 0.1) is 17.0 Å². The number of carbonyl (C=O) groups is 1. The van der Waals surface area contributed by atoms with E-state index >= 15 is 0 Å². The van der Waals surface area contributed by atoms with Gasteiger partial charge < -0.3 is 15.0 Å². The van der Waals surface area contributed by atoms with Crippen LogP contribution in [0.25, 0.3) is 11.4 Å². The number of amides is 1. The average molecular weight is 454 g/mol. The van der Waals surface area contributed by atoms with Crippen molar-refractivity contribution in [2.75, 3.05) is 11.1 Å². The third-order valence-electron chi connectivity index (χ3n) is 3.43. The Balaban J connectivity index is 1.74. The maximum Gasteiger partial charge on any atom is 0.236 e. The summed E-state index contributed by atoms with van der Waals surface area (Å²) in [5, 5.41) is 24.3. The lowest BCUT2D eigenvalue weighted by molar-refractivity contribution is -0.113. The maximum absolute atomic E-state index is 12.1. The van der Waals surface area contributed by atoms with Crippen LogP contribution < -0.4 is 5.32 Å². The molecule has 1 aromatic carbocycles. The van der Waals surface area contributed by atoms with Gasteiger partial charge in [-0.25, -0.2) is 4.98 Å². The molecule has 26 heavy (non-hydrogen) atoms. The molecule has 2 N–H and O–H groups in total. The van der Waals surface area contributed by atoms with Crippen LogP contribution in [0.4, 0.5) is 5.13 Å². The number of nitrogens with zero attached hydrogens (tertiary/aromatic N) is 4. The monoisotopic (exact) mass is 453 g/mol. The van der Waals surface area contributed by atoms with Crippen molar-refractivity contribution in [3.8, 4) is 17.1 Å². The smallest absolute Gasteiger partial charge is 0.236 e. The van der Waals surface area contributed by atoms with Gasteiger partial charge >= 0.3 is 0 Å². The van der Waals surface area contributed by atoms with Crippen LogP contribution in [-0.2, 0) is 11.3 Å². The Kier molecular flexibility index (Phi) is 5.94. The first-order chi connectivity index (χ1) is 12.5. The van der Waals surface area contributed by atoms with Crippen LogP contribution in [0.2, 0.25) is 0 Å². The third kappa shape index (κ3) is 4.25.